The fourth-order valence-electron chi connectivity index (χ4n) is 2.97. The van der Waals surface area contributed by atoms with Crippen LogP contribution < -0.4 is 0 Å². The van der Waals surface area contributed by atoms with Gasteiger partial charge >= 0.3 is 0 Å². The predicted molar refractivity (Wildman–Crippen MR) is 124 cm³/mol. The summed E-state index contributed by atoms with van der Waals surface area (Å²) in [7, 11) is 0. The summed E-state index contributed by atoms with van der Waals surface area (Å²) in [5.41, 5.74) is 9.56. The van der Waals surface area contributed by atoms with Crippen molar-refractivity contribution in [2.24, 2.45) is 5.41 Å². The van der Waals surface area contributed by atoms with Crippen LogP contribution in [0.4, 0.5) is 0 Å². The molecule has 0 aromatic heterocycles. The summed E-state index contributed by atoms with van der Waals surface area (Å²) in [5, 5.41) is 0. The highest BCUT2D eigenvalue weighted by Crippen LogP contribution is 2.36. The van der Waals surface area contributed by atoms with E-state index in [9.17, 15) is 0 Å². The molecule has 0 amide bonds. The molecular formula is C25H22Br2. The molecule has 0 fully saturated rings. The lowest BCUT2D eigenvalue weighted by Gasteiger charge is -2.22. The summed E-state index contributed by atoms with van der Waals surface area (Å²) in [6.07, 6.45) is 0. The maximum Gasteiger partial charge on any atom is 0.0312 e. The monoisotopic (exact) mass is 480 g/mol. The van der Waals surface area contributed by atoms with Crippen molar-refractivity contribution in [3.05, 3.63) is 110 Å². The van der Waals surface area contributed by atoms with Gasteiger partial charge in [-0.3, -0.25) is 0 Å². The van der Waals surface area contributed by atoms with Crippen LogP contribution in [0, 0.1) is 5.41 Å². The van der Waals surface area contributed by atoms with Gasteiger partial charge in [0.15, 0.2) is 0 Å². The van der Waals surface area contributed by atoms with E-state index < -0.39 is 0 Å². The lowest BCUT2D eigenvalue weighted by Crippen LogP contribution is -2.08. The van der Waals surface area contributed by atoms with E-state index in [0.717, 1.165) is 20.1 Å². The van der Waals surface area contributed by atoms with Gasteiger partial charge in [-0.05, 0) is 46.4 Å². The smallest absolute Gasteiger partial charge is 0.0312 e. The van der Waals surface area contributed by atoms with Crippen LogP contribution in [0.5, 0.6) is 0 Å². The third-order valence-corrected chi connectivity index (χ3v) is 5.39. The van der Waals surface area contributed by atoms with Gasteiger partial charge in [-0.15, -0.1) is 5.73 Å². The van der Waals surface area contributed by atoms with E-state index in [1.54, 1.807) is 0 Å². The minimum absolute atomic E-state index is 0.0385. The van der Waals surface area contributed by atoms with Crippen LogP contribution in [-0.2, 0) is 0 Å². The van der Waals surface area contributed by atoms with Gasteiger partial charge in [-0.1, -0.05) is 107 Å². The van der Waals surface area contributed by atoms with E-state index in [1.807, 2.05) is 6.07 Å². The zero-order valence-electron chi connectivity index (χ0n) is 15.8. The van der Waals surface area contributed by atoms with Gasteiger partial charge in [-0.2, -0.15) is 0 Å². The fourth-order valence-corrected chi connectivity index (χ4v) is 3.50. The Morgan fingerprint density at radius 1 is 0.630 bits per heavy atom. The third-order valence-electron chi connectivity index (χ3n) is 4.33. The Kier molecular flexibility index (Phi) is 6.22. The zero-order chi connectivity index (χ0) is 19.4. The second-order valence-electron chi connectivity index (χ2n) is 7.50. The number of allylic oxidation sites excluding steroid dienone is 1. The number of halogens is 2. The average molecular weight is 482 g/mol. The van der Waals surface area contributed by atoms with E-state index in [1.165, 1.54) is 16.7 Å². The van der Waals surface area contributed by atoms with Crippen molar-refractivity contribution < 1.29 is 0 Å². The molecule has 0 radical (unpaired) electrons. The van der Waals surface area contributed by atoms with Gasteiger partial charge < -0.3 is 0 Å². The van der Waals surface area contributed by atoms with Crippen molar-refractivity contribution in [2.75, 3.05) is 0 Å². The second-order valence-corrected chi connectivity index (χ2v) is 9.34. The standard InChI is InChI=1S/C25H22Br2/c1-25(2,3)24(20-11-15-22(27)16-12-20)17-23(18-7-5-4-6-8-18)19-9-13-21(26)14-10-19/h4-16H,1-3H3. The molecule has 0 saturated carbocycles. The first-order valence-corrected chi connectivity index (χ1v) is 10.5. The highest BCUT2D eigenvalue weighted by atomic mass is 79.9. The van der Waals surface area contributed by atoms with Crippen molar-refractivity contribution >= 4 is 43.0 Å². The van der Waals surface area contributed by atoms with Gasteiger partial charge in [0, 0.05) is 20.1 Å². The summed E-state index contributed by atoms with van der Waals surface area (Å²) in [6.45, 7) is 6.71. The molecule has 0 bridgehead atoms. The third kappa shape index (κ3) is 5.11. The first kappa shape index (κ1) is 19.9. The minimum atomic E-state index is -0.0385. The van der Waals surface area contributed by atoms with Crippen LogP contribution in [0.25, 0.3) is 11.1 Å². The maximum atomic E-state index is 3.78. The van der Waals surface area contributed by atoms with Crippen LogP contribution in [-0.4, -0.2) is 0 Å². The van der Waals surface area contributed by atoms with Gasteiger partial charge in [0.25, 0.3) is 0 Å². The maximum absolute atomic E-state index is 3.78. The van der Waals surface area contributed by atoms with Gasteiger partial charge in [0.1, 0.15) is 0 Å². The molecule has 3 aromatic rings. The van der Waals surface area contributed by atoms with E-state index in [2.05, 4.69) is 131 Å². The molecule has 2 heteroatoms. The summed E-state index contributed by atoms with van der Waals surface area (Å²) >= 11 is 7.07. The molecule has 0 heterocycles. The lowest BCUT2D eigenvalue weighted by molar-refractivity contribution is 0.567. The van der Waals surface area contributed by atoms with Crippen LogP contribution in [0.3, 0.4) is 0 Å². The molecule has 27 heavy (non-hydrogen) atoms. The molecule has 0 N–H and O–H groups in total. The van der Waals surface area contributed by atoms with E-state index in [4.69, 9.17) is 0 Å². The average Bonchev–Trinajstić information content (AvgIpc) is 2.64. The Labute approximate surface area is 178 Å². The van der Waals surface area contributed by atoms with Crippen molar-refractivity contribution in [3.8, 4) is 0 Å². The summed E-state index contributed by atoms with van der Waals surface area (Å²) < 4.78 is 2.16. The Hall–Kier alpha value is -1.86. The van der Waals surface area contributed by atoms with Crippen molar-refractivity contribution in [1.29, 1.82) is 0 Å². The number of benzene rings is 3. The predicted octanol–water partition coefficient (Wildman–Crippen LogP) is 8.37. The van der Waals surface area contributed by atoms with Gasteiger partial charge in [0.2, 0.25) is 0 Å². The minimum Gasteiger partial charge on any atom is -0.107 e. The zero-order valence-corrected chi connectivity index (χ0v) is 18.9. The molecule has 0 aliphatic carbocycles. The molecule has 0 spiro atoms. The summed E-state index contributed by atoms with van der Waals surface area (Å²) in [4.78, 5) is 0. The van der Waals surface area contributed by atoms with Crippen LogP contribution in [0.1, 0.15) is 37.5 Å². The fraction of sp³-hybridized carbons (Fsp3) is 0.160. The van der Waals surface area contributed by atoms with E-state index in [-0.39, 0.29) is 5.41 Å². The van der Waals surface area contributed by atoms with Gasteiger partial charge in [-0.25, -0.2) is 0 Å². The summed E-state index contributed by atoms with van der Waals surface area (Å²) in [5.74, 6) is 0. The second kappa shape index (κ2) is 8.44. The van der Waals surface area contributed by atoms with Crippen molar-refractivity contribution in [1.82, 2.24) is 0 Å². The van der Waals surface area contributed by atoms with Crippen molar-refractivity contribution in [3.63, 3.8) is 0 Å². The molecule has 136 valence electrons. The highest BCUT2D eigenvalue weighted by molar-refractivity contribution is 9.10. The quantitative estimate of drug-likeness (QED) is 0.329. The Balaban J connectivity index is 2.33. The SMILES string of the molecule is CC(C)(C)C(=C=C(c1ccccc1)c1ccc(Br)cc1)c1ccc(Br)cc1. The largest absolute Gasteiger partial charge is 0.107 e. The normalized spacial score (nSPS) is 11.0. The van der Waals surface area contributed by atoms with Gasteiger partial charge in [0.05, 0.1) is 0 Å². The molecule has 0 nitrogen and oxygen atoms in total. The molecular weight excluding hydrogens is 460 g/mol. The molecule has 3 rings (SSSR count). The van der Waals surface area contributed by atoms with Crippen LogP contribution >= 0.6 is 31.9 Å². The molecule has 0 aliphatic heterocycles. The van der Waals surface area contributed by atoms with Crippen LogP contribution in [0.15, 0.2) is 93.5 Å². The Bertz CT molecular complexity index is 967. The van der Waals surface area contributed by atoms with Crippen LogP contribution in [0.2, 0.25) is 0 Å². The number of rotatable bonds is 3. The Morgan fingerprint density at radius 3 is 1.56 bits per heavy atom. The molecule has 3 aromatic carbocycles. The molecule has 0 atom stereocenters. The number of hydrogen-bond acceptors (Lipinski definition) is 0. The lowest BCUT2D eigenvalue weighted by atomic mass is 9.81. The topological polar surface area (TPSA) is 0 Å². The van der Waals surface area contributed by atoms with Crippen molar-refractivity contribution in [2.45, 2.75) is 20.8 Å². The highest BCUT2D eigenvalue weighted by Gasteiger charge is 2.19. The van der Waals surface area contributed by atoms with E-state index in [0.29, 0.717) is 0 Å². The van der Waals surface area contributed by atoms with E-state index >= 15 is 0 Å². The molecule has 0 saturated heterocycles. The molecule has 0 unspecified atom stereocenters. The first-order chi connectivity index (χ1) is 12.8. The number of hydrogen-bond donors (Lipinski definition) is 0. The first-order valence-electron chi connectivity index (χ1n) is 8.93. The Morgan fingerprint density at radius 2 is 1.07 bits per heavy atom. The molecule has 0 aliphatic rings. The summed E-state index contributed by atoms with van der Waals surface area (Å²) in [6, 6.07) is 27.4.